The van der Waals surface area contributed by atoms with Crippen molar-refractivity contribution >= 4 is 21.7 Å². The smallest absolute Gasteiger partial charge is 0.181 e. The molecule has 2 aromatic heterocycles. The summed E-state index contributed by atoms with van der Waals surface area (Å²) < 4.78 is 6.44. The number of aromatic nitrogens is 3. The topological polar surface area (TPSA) is 59.9 Å². The van der Waals surface area contributed by atoms with E-state index < -0.39 is 0 Å². The van der Waals surface area contributed by atoms with Crippen LogP contribution in [0.3, 0.4) is 0 Å². The summed E-state index contributed by atoms with van der Waals surface area (Å²) in [6, 6.07) is 3.84. The zero-order valence-electron chi connectivity index (χ0n) is 11.9. The largest absolute Gasteiger partial charge is 0.376 e. The van der Waals surface area contributed by atoms with E-state index in [0.29, 0.717) is 19.0 Å². The fourth-order valence-corrected chi connectivity index (χ4v) is 2.71. The number of hydrogen-bond donors (Lipinski definition) is 1. The van der Waals surface area contributed by atoms with E-state index in [2.05, 4.69) is 43.1 Å². The highest BCUT2D eigenvalue weighted by atomic mass is 79.9. The van der Waals surface area contributed by atoms with E-state index in [9.17, 15) is 0 Å². The molecule has 0 bridgehead atoms. The van der Waals surface area contributed by atoms with Crippen LogP contribution in [-0.2, 0) is 17.8 Å². The lowest BCUT2D eigenvalue weighted by Gasteiger charge is -2.20. The number of nitrogens with zero attached hydrogens (tertiary/aromatic N) is 3. The first-order valence-electron chi connectivity index (χ1n) is 7.12. The highest BCUT2D eigenvalue weighted by Gasteiger charge is 2.20. The van der Waals surface area contributed by atoms with Crippen molar-refractivity contribution in [2.75, 3.05) is 18.5 Å². The standard InChI is InChI=1S/C15H17BrN4O/c1-2-6-18-14-10-9-21-8-5-12(10)19-15(20-14)13-11(16)4-3-7-17-13/h3-4,7H,2,5-6,8-9H2,1H3,(H,18,19,20). The Kier molecular flexibility index (Phi) is 4.45. The molecule has 1 aliphatic rings. The third-order valence-corrected chi connectivity index (χ3v) is 3.97. The van der Waals surface area contributed by atoms with E-state index in [1.807, 2.05) is 12.1 Å². The zero-order chi connectivity index (χ0) is 14.7. The van der Waals surface area contributed by atoms with Crippen LogP contribution >= 0.6 is 15.9 Å². The number of rotatable bonds is 4. The van der Waals surface area contributed by atoms with Crippen LogP contribution in [0.25, 0.3) is 11.5 Å². The Morgan fingerprint density at radius 1 is 1.38 bits per heavy atom. The van der Waals surface area contributed by atoms with Gasteiger partial charge < -0.3 is 10.1 Å². The Morgan fingerprint density at radius 3 is 3.10 bits per heavy atom. The van der Waals surface area contributed by atoms with Gasteiger partial charge in [0.1, 0.15) is 11.5 Å². The van der Waals surface area contributed by atoms with Crippen LogP contribution in [0.5, 0.6) is 0 Å². The molecule has 0 spiro atoms. The van der Waals surface area contributed by atoms with Gasteiger partial charge in [-0.2, -0.15) is 0 Å². The van der Waals surface area contributed by atoms with Crippen LogP contribution in [0.15, 0.2) is 22.8 Å². The summed E-state index contributed by atoms with van der Waals surface area (Å²) in [5, 5.41) is 3.38. The number of fused-ring (bicyclic) bond motifs is 1. The fraction of sp³-hybridized carbons (Fsp3) is 0.400. The van der Waals surface area contributed by atoms with Crippen molar-refractivity contribution < 1.29 is 4.74 Å². The zero-order valence-corrected chi connectivity index (χ0v) is 13.5. The summed E-state index contributed by atoms with van der Waals surface area (Å²) in [5.74, 6) is 1.52. The monoisotopic (exact) mass is 348 g/mol. The molecule has 0 saturated carbocycles. The van der Waals surface area contributed by atoms with Crippen LogP contribution in [0.4, 0.5) is 5.82 Å². The van der Waals surface area contributed by atoms with E-state index >= 15 is 0 Å². The van der Waals surface area contributed by atoms with Crippen molar-refractivity contribution in [3.8, 4) is 11.5 Å². The number of nitrogens with one attached hydrogen (secondary N) is 1. The Bertz CT molecular complexity index is 648. The minimum Gasteiger partial charge on any atom is -0.376 e. The maximum Gasteiger partial charge on any atom is 0.181 e. The van der Waals surface area contributed by atoms with Gasteiger partial charge in [0, 0.05) is 29.2 Å². The lowest BCUT2D eigenvalue weighted by atomic mass is 10.1. The second kappa shape index (κ2) is 6.49. The molecule has 1 N–H and O–H groups in total. The van der Waals surface area contributed by atoms with Crippen molar-refractivity contribution in [1.29, 1.82) is 0 Å². The number of hydrogen-bond acceptors (Lipinski definition) is 5. The van der Waals surface area contributed by atoms with E-state index in [1.165, 1.54) is 0 Å². The molecule has 1 aliphatic heterocycles. The summed E-state index contributed by atoms with van der Waals surface area (Å²) in [6.45, 7) is 4.30. The maximum atomic E-state index is 5.54. The van der Waals surface area contributed by atoms with Crippen molar-refractivity contribution in [1.82, 2.24) is 15.0 Å². The second-order valence-electron chi connectivity index (χ2n) is 4.88. The molecule has 2 aromatic rings. The number of ether oxygens (including phenoxy) is 1. The second-order valence-corrected chi connectivity index (χ2v) is 5.74. The lowest BCUT2D eigenvalue weighted by Crippen LogP contribution is -2.17. The first kappa shape index (κ1) is 14.4. The number of anilines is 1. The SMILES string of the molecule is CCCNc1nc(-c2ncccc2Br)nc2c1COCC2. The molecule has 5 nitrogen and oxygen atoms in total. The quantitative estimate of drug-likeness (QED) is 0.919. The molecule has 0 aromatic carbocycles. The molecule has 110 valence electrons. The minimum absolute atomic E-state index is 0.574. The molecule has 3 rings (SSSR count). The van der Waals surface area contributed by atoms with E-state index in [-0.39, 0.29) is 0 Å². The number of pyridine rings is 1. The molecule has 3 heterocycles. The Morgan fingerprint density at radius 2 is 2.29 bits per heavy atom. The summed E-state index contributed by atoms with van der Waals surface area (Å²) in [4.78, 5) is 13.7. The Hall–Kier alpha value is -1.53. The van der Waals surface area contributed by atoms with Crippen molar-refractivity contribution in [3.63, 3.8) is 0 Å². The van der Waals surface area contributed by atoms with Gasteiger partial charge in [-0.1, -0.05) is 6.92 Å². The Labute approximate surface area is 132 Å². The van der Waals surface area contributed by atoms with Crippen LogP contribution in [0, 0.1) is 0 Å². The highest BCUT2D eigenvalue weighted by Crippen LogP contribution is 2.28. The van der Waals surface area contributed by atoms with Gasteiger partial charge in [0.05, 0.1) is 18.9 Å². The Balaban J connectivity index is 2.07. The van der Waals surface area contributed by atoms with Crippen molar-refractivity contribution in [2.24, 2.45) is 0 Å². The molecule has 0 amide bonds. The van der Waals surface area contributed by atoms with Gasteiger partial charge in [-0.3, -0.25) is 4.98 Å². The molecule has 21 heavy (non-hydrogen) atoms. The summed E-state index contributed by atoms with van der Waals surface area (Å²) in [7, 11) is 0. The molecule has 0 fully saturated rings. The van der Waals surface area contributed by atoms with E-state index in [1.54, 1.807) is 6.20 Å². The molecule has 0 radical (unpaired) electrons. The summed E-state index contributed by atoms with van der Waals surface area (Å²) in [5.41, 5.74) is 2.90. The van der Waals surface area contributed by atoms with E-state index in [0.717, 1.165) is 46.6 Å². The van der Waals surface area contributed by atoms with Gasteiger partial charge in [-0.25, -0.2) is 9.97 Å². The number of halogens is 1. The van der Waals surface area contributed by atoms with Gasteiger partial charge in [-0.15, -0.1) is 0 Å². The minimum atomic E-state index is 0.574. The molecule has 0 aliphatic carbocycles. The average molecular weight is 349 g/mol. The molecular formula is C15H17BrN4O. The first-order valence-corrected chi connectivity index (χ1v) is 7.91. The fourth-order valence-electron chi connectivity index (χ4n) is 2.28. The van der Waals surface area contributed by atoms with Crippen LogP contribution in [0.2, 0.25) is 0 Å². The average Bonchev–Trinajstić information content (AvgIpc) is 2.53. The van der Waals surface area contributed by atoms with Crippen LogP contribution in [-0.4, -0.2) is 28.1 Å². The van der Waals surface area contributed by atoms with E-state index in [4.69, 9.17) is 4.74 Å². The highest BCUT2D eigenvalue weighted by molar-refractivity contribution is 9.10. The molecule has 6 heteroatoms. The van der Waals surface area contributed by atoms with Gasteiger partial charge in [0.15, 0.2) is 5.82 Å². The normalized spacial score (nSPS) is 13.8. The third-order valence-electron chi connectivity index (χ3n) is 3.34. The van der Waals surface area contributed by atoms with Gasteiger partial charge in [0.2, 0.25) is 0 Å². The van der Waals surface area contributed by atoms with Crippen LogP contribution < -0.4 is 5.32 Å². The first-order chi connectivity index (χ1) is 10.3. The predicted molar refractivity (Wildman–Crippen MR) is 85.1 cm³/mol. The molecule has 0 atom stereocenters. The van der Waals surface area contributed by atoms with Gasteiger partial charge in [0.25, 0.3) is 0 Å². The molecule has 0 saturated heterocycles. The molecule has 0 unspecified atom stereocenters. The maximum absolute atomic E-state index is 5.54. The molecular weight excluding hydrogens is 332 g/mol. The lowest BCUT2D eigenvalue weighted by molar-refractivity contribution is 0.109. The van der Waals surface area contributed by atoms with Gasteiger partial charge in [-0.05, 0) is 34.5 Å². The van der Waals surface area contributed by atoms with Gasteiger partial charge >= 0.3 is 0 Å². The van der Waals surface area contributed by atoms with Crippen molar-refractivity contribution in [2.45, 2.75) is 26.4 Å². The third kappa shape index (κ3) is 3.06. The summed E-state index contributed by atoms with van der Waals surface area (Å²) >= 11 is 3.52. The van der Waals surface area contributed by atoms with Crippen molar-refractivity contribution in [3.05, 3.63) is 34.1 Å². The predicted octanol–water partition coefficient (Wildman–Crippen LogP) is 3.20. The van der Waals surface area contributed by atoms with Crippen LogP contribution in [0.1, 0.15) is 24.6 Å². The summed E-state index contributed by atoms with van der Waals surface area (Å²) in [6.07, 6.45) is 3.61.